The molecule has 0 spiro atoms. The van der Waals surface area contributed by atoms with E-state index in [1.54, 1.807) is 24.8 Å². The zero-order valence-corrected chi connectivity index (χ0v) is 21.5. The van der Waals surface area contributed by atoms with Crippen molar-refractivity contribution in [1.29, 1.82) is 0 Å². The van der Waals surface area contributed by atoms with Crippen LogP contribution in [0.2, 0.25) is 5.02 Å². The molecule has 1 fully saturated rings. The quantitative estimate of drug-likeness (QED) is 0.603. The summed E-state index contributed by atoms with van der Waals surface area (Å²) in [6.45, 7) is 8.38. The van der Waals surface area contributed by atoms with Crippen LogP contribution >= 0.6 is 11.6 Å². The van der Waals surface area contributed by atoms with E-state index in [9.17, 15) is 14.4 Å². The summed E-state index contributed by atoms with van der Waals surface area (Å²) < 4.78 is 6.51. The van der Waals surface area contributed by atoms with Crippen LogP contribution < -0.4 is 5.32 Å². The third-order valence-corrected chi connectivity index (χ3v) is 7.86. The molecule has 1 aromatic heterocycles. The molecular formula is C26H33ClN4O4. The van der Waals surface area contributed by atoms with E-state index in [0.29, 0.717) is 16.9 Å². The van der Waals surface area contributed by atoms with Gasteiger partial charge >= 0.3 is 5.97 Å². The molecule has 8 nitrogen and oxygen atoms in total. The fraction of sp³-hybridized carbons (Fsp3) is 0.538. The van der Waals surface area contributed by atoms with Gasteiger partial charge in [0.25, 0.3) is 5.91 Å². The number of aromatic nitrogens is 2. The highest BCUT2D eigenvalue weighted by Gasteiger charge is 2.49. The topological polar surface area (TPSA) is 93.5 Å². The van der Waals surface area contributed by atoms with Crippen LogP contribution in [0.15, 0.2) is 30.3 Å². The highest BCUT2D eigenvalue weighted by Crippen LogP contribution is 2.33. The van der Waals surface area contributed by atoms with E-state index in [-0.39, 0.29) is 48.9 Å². The van der Waals surface area contributed by atoms with Crippen LogP contribution in [0.1, 0.15) is 73.5 Å². The maximum absolute atomic E-state index is 13.8. The molecule has 0 saturated heterocycles. The minimum absolute atomic E-state index is 0.0487. The number of nitrogens with one attached hydrogen (secondary N) is 1. The molecule has 0 radical (unpaired) electrons. The van der Waals surface area contributed by atoms with Crippen LogP contribution in [-0.4, -0.2) is 50.7 Å². The van der Waals surface area contributed by atoms with E-state index in [1.165, 1.54) is 10.7 Å². The number of carbonyl (C=O) groups is 3. The van der Waals surface area contributed by atoms with E-state index < -0.39 is 11.5 Å². The molecule has 0 bridgehead atoms. The first-order valence-electron chi connectivity index (χ1n) is 12.2. The molecule has 1 N–H and O–H groups in total. The lowest BCUT2D eigenvalue weighted by Gasteiger charge is -2.44. The Balaban J connectivity index is 1.68. The van der Waals surface area contributed by atoms with Gasteiger partial charge in [-0.05, 0) is 56.6 Å². The van der Waals surface area contributed by atoms with Gasteiger partial charge in [-0.2, -0.15) is 5.10 Å². The van der Waals surface area contributed by atoms with Crippen molar-refractivity contribution in [3.63, 3.8) is 0 Å². The number of amides is 2. The maximum atomic E-state index is 13.8. The first kappa shape index (κ1) is 25.2. The Morgan fingerprint density at radius 3 is 2.66 bits per heavy atom. The molecule has 2 amide bonds. The molecule has 35 heavy (non-hydrogen) atoms. The lowest BCUT2D eigenvalue weighted by molar-refractivity contribution is -0.134. The number of rotatable bonds is 6. The monoisotopic (exact) mass is 500 g/mol. The number of nitrogens with zero attached hydrogens (tertiary/aromatic N) is 3. The van der Waals surface area contributed by atoms with Crippen molar-refractivity contribution in [2.75, 3.05) is 6.61 Å². The molecular weight excluding hydrogens is 468 g/mol. The second-order valence-electron chi connectivity index (χ2n) is 9.99. The number of hydrogen-bond acceptors (Lipinski definition) is 5. The summed E-state index contributed by atoms with van der Waals surface area (Å²) in [5.41, 5.74) is -0.202. The fourth-order valence-corrected chi connectivity index (χ4v) is 5.21. The van der Waals surface area contributed by atoms with E-state index in [2.05, 4.69) is 24.3 Å². The molecule has 2 heterocycles. The molecule has 1 aliphatic carbocycles. The molecule has 188 valence electrons. The smallest absolute Gasteiger partial charge is 0.358 e. The van der Waals surface area contributed by atoms with E-state index >= 15 is 0 Å². The molecule has 4 rings (SSSR count). The Hall–Kier alpha value is -2.87. The molecule has 2 aromatic rings. The summed E-state index contributed by atoms with van der Waals surface area (Å²) in [5.74, 6) is -0.0825. The number of carbonyl (C=O) groups excluding carboxylic acids is 3. The van der Waals surface area contributed by atoms with Crippen LogP contribution in [-0.2, 0) is 22.6 Å². The standard InChI is InChI=1S/C26H33ClN4O4/c1-5-35-24(33)21-13-22-23(32)30(14-18-8-6-7-9-20(18)27)26(4,15-31(22)29-21)25(34)28-19-11-10-16(2)17(3)12-19/h6-9,13,16-17,19H,5,10-12,14-15H2,1-4H3,(H,28,34). The Kier molecular flexibility index (Phi) is 7.22. The summed E-state index contributed by atoms with van der Waals surface area (Å²) >= 11 is 6.41. The largest absolute Gasteiger partial charge is 0.461 e. The summed E-state index contributed by atoms with van der Waals surface area (Å²) in [7, 11) is 0. The first-order chi connectivity index (χ1) is 16.6. The second-order valence-corrected chi connectivity index (χ2v) is 10.4. The van der Waals surface area contributed by atoms with E-state index in [4.69, 9.17) is 16.3 Å². The molecule has 1 saturated carbocycles. The number of ether oxygens (including phenoxy) is 1. The third kappa shape index (κ3) is 4.94. The predicted octanol–water partition coefficient (Wildman–Crippen LogP) is 4.07. The van der Waals surface area contributed by atoms with Crippen molar-refractivity contribution < 1.29 is 19.1 Å². The number of hydrogen-bond donors (Lipinski definition) is 1. The van der Waals surface area contributed by atoms with Gasteiger partial charge in [-0.15, -0.1) is 0 Å². The molecule has 1 aliphatic heterocycles. The van der Waals surface area contributed by atoms with Gasteiger partial charge in [0.15, 0.2) is 5.69 Å². The predicted molar refractivity (Wildman–Crippen MR) is 132 cm³/mol. The SMILES string of the molecule is CCOC(=O)c1cc2n(n1)CC(C)(C(=O)NC1CCC(C)C(C)C1)N(Cc1ccccc1Cl)C2=O. The van der Waals surface area contributed by atoms with Gasteiger partial charge in [-0.1, -0.05) is 43.6 Å². The maximum Gasteiger partial charge on any atom is 0.358 e. The van der Waals surface area contributed by atoms with Gasteiger partial charge in [0, 0.05) is 23.7 Å². The fourth-order valence-electron chi connectivity index (χ4n) is 5.01. The van der Waals surface area contributed by atoms with Crippen molar-refractivity contribution in [3.05, 3.63) is 52.3 Å². The highest BCUT2D eigenvalue weighted by atomic mass is 35.5. The van der Waals surface area contributed by atoms with Gasteiger partial charge in [0.1, 0.15) is 11.2 Å². The average Bonchev–Trinajstić information content (AvgIpc) is 3.24. The van der Waals surface area contributed by atoms with Crippen molar-refractivity contribution >= 4 is 29.4 Å². The van der Waals surface area contributed by atoms with Gasteiger partial charge in [-0.3, -0.25) is 14.3 Å². The van der Waals surface area contributed by atoms with Crippen LogP contribution in [0.25, 0.3) is 0 Å². The lowest BCUT2D eigenvalue weighted by atomic mass is 9.79. The zero-order chi connectivity index (χ0) is 25.3. The molecule has 2 aliphatic rings. The molecule has 9 heteroatoms. The second kappa shape index (κ2) is 10.0. The van der Waals surface area contributed by atoms with Crippen LogP contribution in [0.3, 0.4) is 0 Å². The van der Waals surface area contributed by atoms with Crippen LogP contribution in [0.5, 0.6) is 0 Å². The van der Waals surface area contributed by atoms with E-state index in [0.717, 1.165) is 24.8 Å². The highest BCUT2D eigenvalue weighted by molar-refractivity contribution is 6.31. The number of halogens is 1. The van der Waals surface area contributed by atoms with Crippen LogP contribution in [0.4, 0.5) is 0 Å². The van der Waals surface area contributed by atoms with E-state index in [1.807, 2.05) is 18.2 Å². The average molecular weight is 501 g/mol. The summed E-state index contributed by atoms with van der Waals surface area (Å²) in [4.78, 5) is 41.3. The number of esters is 1. The molecule has 4 unspecified atom stereocenters. The Morgan fingerprint density at radius 1 is 1.23 bits per heavy atom. The van der Waals surface area contributed by atoms with Gasteiger partial charge in [-0.25, -0.2) is 4.79 Å². The van der Waals surface area contributed by atoms with Crippen molar-refractivity contribution in [2.24, 2.45) is 11.8 Å². The number of benzene rings is 1. The van der Waals surface area contributed by atoms with Gasteiger partial charge in [0.05, 0.1) is 13.2 Å². The van der Waals surface area contributed by atoms with Crippen LogP contribution in [0, 0.1) is 11.8 Å². The van der Waals surface area contributed by atoms with Gasteiger partial charge < -0.3 is 15.0 Å². The summed E-state index contributed by atoms with van der Waals surface area (Å²) in [6.07, 6.45) is 2.87. The van der Waals surface area contributed by atoms with Crippen molar-refractivity contribution in [1.82, 2.24) is 20.0 Å². The summed E-state index contributed by atoms with van der Waals surface area (Å²) in [5, 5.41) is 8.05. The Bertz CT molecular complexity index is 1130. The Labute approximate surface area is 210 Å². The third-order valence-electron chi connectivity index (χ3n) is 7.49. The molecule has 1 aromatic carbocycles. The van der Waals surface area contributed by atoms with Gasteiger partial charge in [0.2, 0.25) is 5.91 Å². The minimum Gasteiger partial charge on any atom is -0.461 e. The van der Waals surface area contributed by atoms with Crippen molar-refractivity contribution in [3.8, 4) is 0 Å². The van der Waals surface area contributed by atoms with Crippen molar-refractivity contribution in [2.45, 2.75) is 71.6 Å². The number of fused-ring (bicyclic) bond motifs is 1. The molecule has 4 atom stereocenters. The lowest BCUT2D eigenvalue weighted by Crippen LogP contribution is -2.64. The first-order valence-corrected chi connectivity index (χ1v) is 12.6. The zero-order valence-electron chi connectivity index (χ0n) is 20.7. The summed E-state index contributed by atoms with van der Waals surface area (Å²) in [6, 6.07) is 8.76. The minimum atomic E-state index is -1.23. The Morgan fingerprint density at radius 2 is 1.97 bits per heavy atom. The normalized spacial score (nSPS) is 26.3.